The number of nitrogens with two attached hydrogens (primary N) is 1. The molecule has 0 aromatic rings. The van der Waals surface area contributed by atoms with Gasteiger partial charge in [0.15, 0.2) is 0 Å². The third kappa shape index (κ3) is 10.5. The quantitative estimate of drug-likeness (QED) is 0.265. The summed E-state index contributed by atoms with van der Waals surface area (Å²) in [5, 5.41) is 17.2. The Morgan fingerprint density at radius 1 is 1.00 bits per heavy atom. The third-order valence-electron chi connectivity index (χ3n) is 4.56. The molecule has 0 heterocycles. The average molecular weight is 433 g/mol. The minimum absolute atomic E-state index is 0.129. The van der Waals surface area contributed by atoms with Crippen LogP contribution in [0.5, 0.6) is 0 Å². The minimum atomic E-state index is -1.12. The zero-order chi connectivity index (χ0) is 22.6. The van der Waals surface area contributed by atoms with E-state index in [9.17, 15) is 24.3 Å². The van der Waals surface area contributed by atoms with Crippen molar-refractivity contribution in [3.63, 3.8) is 0 Å². The topological polar surface area (TPSA) is 151 Å². The van der Waals surface area contributed by atoms with Gasteiger partial charge in [0.2, 0.25) is 17.7 Å². The molecule has 0 saturated heterocycles. The molecule has 0 bridgehead atoms. The van der Waals surface area contributed by atoms with Crippen LogP contribution in [0, 0.1) is 11.8 Å². The van der Waals surface area contributed by atoms with Crippen LogP contribution in [0.4, 0.5) is 0 Å². The van der Waals surface area contributed by atoms with Gasteiger partial charge in [0.25, 0.3) is 0 Å². The van der Waals surface area contributed by atoms with Crippen molar-refractivity contribution in [1.29, 1.82) is 0 Å². The Labute approximate surface area is 177 Å². The zero-order valence-corrected chi connectivity index (χ0v) is 18.8. The van der Waals surface area contributed by atoms with Gasteiger partial charge < -0.3 is 26.8 Å². The number of carboxylic acids is 1. The van der Waals surface area contributed by atoms with Crippen LogP contribution < -0.4 is 21.7 Å². The SMILES string of the molecule is CCC(C)C(NC(=O)C(CCSC)NC(=O)C(CC(C)C)NC(=O)CN)C(=O)O. The number of amides is 3. The summed E-state index contributed by atoms with van der Waals surface area (Å²) in [5.74, 6) is -2.14. The molecule has 0 aromatic heterocycles. The van der Waals surface area contributed by atoms with Gasteiger partial charge in [0, 0.05) is 0 Å². The summed E-state index contributed by atoms with van der Waals surface area (Å²) in [6.07, 6.45) is 3.18. The highest BCUT2D eigenvalue weighted by Gasteiger charge is 2.31. The maximum atomic E-state index is 12.7. The summed E-state index contributed by atoms with van der Waals surface area (Å²) in [5.41, 5.74) is 5.32. The molecule has 168 valence electrons. The number of hydrogen-bond donors (Lipinski definition) is 5. The lowest BCUT2D eigenvalue weighted by molar-refractivity contribution is -0.143. The second kappa shape index (κ2) is 14.2. The molecule has 0 fully saturated rings. The first-order valence-electron chi connectivity index (χ1n) is 9.89. The maximum Gasteiger partial charge on any atom is 0.326 e. The summed E-state index contributed by atoms with van der Waals surface area (Å²) in [7, 11) is 0. The van der Waals surface area contributed by atoms with Crippen molar-refractivity contribution in [3.05, 3.63) is 0 Å². The number of carbonyl (C=O) groups is 4. The largest absolute Gasteiger partial charge is 0.480 e. The molecule has 0 aliphatic heterocycles. The predicted octanol–water partition coefficient (Wildman–Crippen LogP) is 0.329. The monoisotopic (exact) mass is 432 g/mol. The summed E-state index contributed by atoms with van der Waals surface area (Å²) in [6, 6.07) is -2.75. The molecular formula is C19H36N4O5S. The highest BCUT2D eigenvalue weighted by molar-refractivity contribution is 7.98. The average Bonchev–Trinajstić information content (AvgIpc) is 2.66. The number of aliphatic carboxylic acids is 1. The van der Waals surface area contributed by atoms with E-state index in [0.717, 1.165) is 0 Å². The second-order valence-corrected chi connectivity index (χ2v) is 8.49. The number of carbonyl (C=O) groups excluding carboxylic acids is 3. The third-order valence-corrected chi connectivity index (χ3v) is 5.21. The fraction of sp³-hybridized carbons (Fsp3) is 0.789. The Hall–Kier alpha value is -1.81. The molecule has 0 saturated carbocycles. The highest BCUT2D eigenvalue weighted by Crippen LogP contribution is 2.10. The lowest BCUT2D eigenvalue weighted by Gasteiger charge is -2.26. The molecule has 0 aliphatic rings. The van der Waals surface area contributed by atoms with Gasteiger partial charge in [-0.15, -0.1) is 0 Å². The summed E-state index contributed by atoms with van der Waals surface area (Å²) in [4.78, 5) is 48.7. The van der Waals surface area contributed by atoms with Crippen molar-refractivity contribution in [2.24, 2.45) is 17.6 Å². The van der Waals surface area contributed by atoms with Gasteiger partial charge in [0.1, 0.15) is 18.1 Å². The highest BCUT2D eigenvalue weighted by atomic mass is 32.2. The smallest absolute Gasteiger partial charge is 0.326 e. The molecule has 0 aliphatic carbocycles. The Balaban J connectivity index is 5.35. The Bertz CT molecular complexity index is 559. The van der Waals surface area contributed by atoms with E-state index in [1.807, 2.05) is 27.0 Å². The molecule has 10 heteroatoms. The minimum Gasteiger partial charge on any atom is -0.480 e. The first-order chi connectivity index (χ1) is 13.6. The summed E-state index contributed by atoms with van der Waals surface area (Å²) >= 11 is 1.51. The molecule has 3 amide bonds. The fourth-order valence-corrected chi connectivity index (χ4v) is 3.14. The van der Waals surface area contributed by atoms with Crippen LogP contribution in [0.1, 0.15) is 47.0 Å². The first-order valence-corrected chi connectivity index (χ1v) is 11.3. The van der Waals surface area contributed by atoms with E-state index in [0.29, 0.717) is 25.0 Å². The van der Waals surface area contributed by atoms with Crippen LogP contribution >= 0.6 is 11.8 Å². The molecule has 0 rings (SSSR count). The maximum absolute atomic E-state index is 12.7. The Morgan fingerprint density at radius 3 is 2.03 bits per heavy atom. The van der Waals surface area contributed by atoms with Gasteiger partial charge in [-0.2, -0.15) is 11.8 Å². The molecule has 0 spiro atoms. The molecule has 6 N–H and O–H groups in total. The van der Waals surface area contributed by atoms with Crippen molar-refractivity contribution in [3.8, 4) is 0 Å². The van der Waals surface area contributed by atoms with E-state index in [1.165, 1.54) is 11.8 Å². The van der Waals surface area contributed by atoms with E-state index in [1.54, 1.807) is 6.92 Å². The van der Waals surface area contributed by atoms with Crippen LogP contribution in [-0.2, 0) is 19.2 Å². The molecule has 29 heavy (non-hydrogen) atoms. The van der Waals surface area contributed by atoms with Crippen molar-refractivity contribution >= 4 is 35.5 Å². The van der Waals surface area contributed by atoms with Crippen LogP contribution in [0.15, 0.2) is 0 Å². The van der Waals surface area contributed by atoms with Crippen molar-refractivity contribution < 1.29 is 24.3 Å². The van der Waals surface area contributed by atoms with E-state index < -0.39 is 41.8 Å². The fourth-order valence-electron chi connectivity index (χ4n) is 2.67. The van der Waals surface area contributed by atoms with Gasteiger partial charge in [-0.05, 0) is 36.7 Å². The van der Waals surface area contributed by atoms with Crippen molar-refractivity contribution in [2.45, 2.75) is 65.1 Å². The normalized spacial score (nSPS) is 15.1. The van der Waals surface area contributed by atoms with Crippen LogP contribution in [0.25, 0.3) is 0 Å². The van der Waals surface area contributed by atoms with Gasteiger partial charge in [-0.1, -0.05) is 34.1 Å². The van der Waals surface area contributed by atoms with Crippen LogP contribution in [-0.4, -0.2) is 65.5 Å². The molecule has 0 aromatic carbocycles. The van der Waals surface area contributed by atoms with Crippen molar-refractivity contribution in [1.82, 2.24) is 16.0 Å². The summed E-state index contributed by atoms with van der Waals surface area (Å²) < 4.78 is 0. The standard InChI is InChI=1S/C19H36N4O5S/c1-6-12(4)16(19(27)28)23-17(25)13(7-8-29-5)22-18(26)14(9-11(2)3)21-15(24)10-20/h11-14,16H,6-10,20H2,1-5H3,(H,21,24)(H,22,26)(H,23,25)(H,27,28). The Kier molecular flexibility index (Phi) is 13.3. The molecule has 9 nitrogen and oxygen atoms in total. The molecule has 4 unspecified atom stereocenters. The lowest BCUT2D eigenvalue weighted by Crippen LogP contribution is -2.57. The number of hydrogen-bond acceptors (Lipinski definition) is 6. The zero-order valence-electron chi connectivity index (χ0n) is 18.0. The first kappa shape index (κ1) is 27.2. The summed E-state index contributed by atoms with van der Waals surface area (Å²) in [6.45, 7) is 7.17. The van der Waals surface area contributed by atoms with Crippen LogP contribution in [0.3, 0.4) is 0 Å². The number of thioether (sulfide) groups is 1. The van der Waals surface area contributed by atoms with Gasteiger partial charge in [-0.3, -0.25) is 14.4 Å². The van der Waals surface area contributed by atoms with Gasteiger partial charge in [0.05, 0.1) is 6.54 Å². The molecular weight excluding hydrogens is 396 g/mol. The van der Waals surface area contributed by atoms with Gasteiger partial charge >= 0.3 is 5.97 Å². The number of rotatable bonds is 14. The van der Waals surface area contributed by atoms with Gasteiger partial charge in [-0.25, -0.2) is 4.79 Å². The van der Waals surface area contributed by atoms with E-state index >= 15 is 0 Å². The van der Waals surface area contributed by atoms with Crippen LogP contribution in [0.2, 0.25) is 0 Å². The number of nitrogens with one attached hydrogen (secondary N) is 3. The molecule has 0 radical (unpaired) electrons. The molecule has 4 atom stereocenters. The van der Waals surface area contributed by atoms with E-state index in [4.69, 9.17) is 5.73 Å². The Morgan fingerprint density at radius 2 is 1.59 bits per heavy atom. The lowest BCUT2D eigenvalue weighted by atomic mass is 9.98. The number of carboxylic acid groups (broad SMARTS) is 1. The van der Waals surface area contributed by atoms with E-state index in [2.05, 4.69) is 16.0 Å². The van der Waals surface area contributed by atoms with E-state index in [-0.39, 0.29) is 18.4 Å². The second-order valence-electron chi connectivity index (χ2n) is 7.51. The predicted molar refractivity (Wildman–Crippen MR) is 114 cm³/mol. The van der Waals surface area contributed by atoms with Crippen molar-refractivity contribution in [2.75, 3.05) is 18.6 Å².